The SMILES string of the molecule is CC.O=C1CCN(Sc2ccc(C(F)(F)F)cc2)C1. The van der Waals surface area contributed by atoms with E-state index >= 15 is 0 Å². The Balaban J connectivity index is 0.000000861. The van der Waals surface area contributed by atoms with Crippen LogP contribution in [0.15, 0.2) is 29.2 Å². The zero-order valence-electron chi connectivity index (χ0n) is 10.8. The Kier molecular flexibility index (Phi) is 5.87. The molecule has 2 nitrogen and oxygen atoms in total. The quantitative estimate of drug-likeness (QED) is 0.768. The van der Waals surface area contributed by atoms with Crippen molar-refractivity contribution in [1.82, 2.24) is 4.31 Å². The van der Waals surface area contributed by atoms with E-state index in [0.717, 1.165) is 12.1 Å². The van der Waals surface area contributed by atoms with Gasteiger partial charge in [0.1, 0.15) is 5.78 Å². The predicted octanol–water partition coefficient (Wildman–Crippen LogP) is 4.01. The topological polar surface area (TPSA) is 20.3 Å². The molecule has 1 heterocycles. The third-order valence-electron chi connectivity index (χ3n) is 2.41. The molecule has 106 valence electrons. The molecule has 1 aliphatic heterocycles. The van der Waals surface area contributed by atoms with Crippen molar-refractivity contribution in [2.45, 2.75) is 31.3 Å². The summed E-state index contributed by atoms with van der Waals surface area (Å²) in [4.78, 5) is 11.7. The lowest BCUT2D eigenvalue weighted by Gasteiger charge is -2.13. The van der Waals surface area contributed by atoms with Crippen molar-refractivity contribution >= 4 is 17.7 Å². The molecule has 0 aromatic heterocycles. The molecule has 2 rings (SSSR count). The molecule has 0 saturated carbocycles. The van der Waals surface area contributed by atoms with Gasteiger partial charge < -0.3 is 0 Å². The number of benzene rings is 1. The fraction of sp³-hybridized carbons (Fsp3) is 0.462. The first kappa shape index (κ1) is 16.0. The summed E-state index contributed by atoms with van der Waals surface area (Å²) in [6.45, 7) is 5.02. The molecule has 6 heteroatoms. The van der Waals surface area contributed by atoms with E-state index in [2.05, 4.69) is 0 Å². The molecule has 1 aromatic carbocycles. The molecule has 0 N–H and O–H groups in total. The average molecular weight is 291 g/mol. The minimum atomic E-state index is -4.30. The maximum absolute atomic E-state index is 12.3. The summed E-state index contributed by atoms with van der Waals surface area (Å²) in [5, 5.41) is 0. The molecule has 0 atom stereocenters. The minimum Gasteiger partial charge on any atom is -0.298 e. The van der Waals surface area contributed by atoms with Gasteiger partial charge in [-0.3, -0.25) is 4.79 Å². The number of Topliss-reactive ketones (excluding diaryl/α,β-unsaturated/α-hetero) is 1. The standard InChI is InChI=1S/C11H10F3NOS.C2H6/c12-11(13,14)8-1-3-10(4-2-8)17-15-6-5-9(16)7-15;1-2/h1-4H,5-7H2;1-2H3. The Hall–Kier alpha value is -1.01. The zero-order valence-corrected chi connectivity index (χ0v) is 11.6. The summed E-state index contributed by atoms with van der Waals surface area (Å²) in [5.41, 5.74) is -0.653. The molecule has 0 radical (unpaired) electrons. The molecule has 1 aromatic rings. The van der Waals surface area contributed by atoms with E-state index < -0.39 is 11.7 Å². The fourth-order valence-electron chi connectivity index (χ4n) is 1.54. The number of hydrogen-bond donors (Lipinski definition) is 0. The Morgan fingerprint density at radius 3 is 2.16 bits per heavy atom. The monoisotopic (exact) mass is 291 g/mol. The van der Waals surface area contributed by atoms with Crippen molar-refractivity contribution in [2.24, 2.45) is 0 Å². The molecule has 19 heavy (non-hydrogen) atoms. The van der Waals surface area contributed by atoms with Gasteiger partial charge in [0.15, 0.2) is 0 Å². The molecule has 1 fully saturated rings. The summed E-state index contributed by atoms with van der Waals surface area (Å²) in [7, 11) is 0. The maximum Gasteiger partial charge on any atom is 0.416 e. The van der Waals surface area contributed by atoms with Crippen LogP contribution in [-0.2, 0) is 11.0 Å². The number of halogens is 3. The van der Waals surface area contributed by atoms with Crippen LogP contribution in [0.5, 0.6) is 0 Å². The second-order valence-electron chi connectivity index (χ2n) is 3.77. The number of carbonyl (C=O) groups is 1. The van der Waals surface area contributed by atoms with E-state index in [0.29, 0.717) is 24.4 Å². The maximum atomic E-state index is 12.3. The molecule has 0 amide bonds. The molecule has 0 unspecified atom stereocenters. The minimum absolute atomic E-state index is 0.171. The van der Waals surface area contributed by atoms with Crippen LogP contribution in [0.25, 0.3) is 0 Å². The van der Waals surface area contributed by atoms with Crippen molar-refractivity contribution < 1.29 is 18.0 Å². The second kappa shape index (κ2) is 6.96. The van der Waals surface area contributed by atoms with Crippen molar-refractivity contribution in [3.8, 4) is 0 Å². The Bertz CT molecular complexity index is 417. The zero-order chi connectivity index (χ0) is 14.5. The highest BCUT2D eigenvalue weighted by Crippen LogP contribution is 2.32. The largest absolute Gasteiger partial charge is 0.416 e. The molecule has 0 bridgehead atoms. The van der Waals surface area contributed by atoms with Crippen LogP contribution in [0.3, 0.4) is 0 Å². The Morgan fingerprint density at radius 2 is 1.74 bits per heavy atom. The molecule has 0 aliphatic carbocycles. The van der Waals surface area contributed by atoms with Gasteiger partial charge >= 0.3 is 6.18 Å². The molecular weight excluding hydrogens is 275 g/mol. The summed E-state index contributed by atoms with van der Waals surface area (Å²) in [6, 6.07) is 4.97. The smallest absolute Gasteiger partial charge is 0.298 e. The van der Waals surface area contributed by atoms with Crippen LogP contribution in [0.1, 0.15) is 25.8 Å². The van der Waals surface area contributed by atoms with Crippen molar-refractivity contribution in [3.05, 3.63) is 29.8 Å². The van der Waals surface area contributed by atoms with Gasteiger partial charge in [-0.15, -0.1) is 0 Å². The first-order chi connectivity index (χ1) is 8.95. The predicted molar refractivity (Wildman–Crippen MR) is 69.8 cm³/mol. The van der Waals surface area contributed by atoms with Crippen LogP contribution in [0, 0.1) is 0 Å². The van der Waals surface area contributed by atoms with Gasteiger partial charge in [-0.1, -0.05) is 13.8 Å². The molecule has 1 aliphatic rings. The fourth-order valence-corrected chi connectivity index (χ4v) is 2.48. The highest BCUT2D eigenvalue weighted by molar-refractivity contribution is 7.97. The summed E-state index contributed by atoms with van der Waals surface area (Å²) in [6.07, 6.45) is -3.78. The molecular formula is C13H16F3NOS. The van der Waals surface area contributed by atoms with Crippen molar-refractivity contribution in [2.75, 3.05) is 13.1 Å². The summed E-state index contributed by atoms with van der Waals surface area (Å²) in [5.74, 6) is 0.171. The lowest BCUT2D eigenvalue weighted by molar-refractivity contribution is -0.137. The third kappa shape index (κ3) is 4.87. The van der Waals surface area contributed by atoms with Gasteiger partial charge in [0.05, 0.1) is 12.1 Å². The highest BCUT2D eigenvalue weighted by Gasteiger charge is 2.30. The Labute approximate surface area is 115 Å². The lowest BCUT2D eigenvalue weighted by atomic mass is 10.2. The lowest BCUT2D eigenvalue weighted by Crippen LogP contribution is -2.11. The number of ketones is 1. The molecule has 1 saturated heterocycles. The van der Waals surface area contributed by atoms with Gasteiger partial charge in [0.25, 0.3) is 0 Å². The number of rotatable bonds is 2. The van der Waals surface area contributed by atoms with Gasteiger partial charge in [-0.2, -0.15) is 13.2 Å². The number of alkyl halides is 3. The van der Waals surface area contributed by atoms with Crippen molar-refractivity contribution in [3.63, 3.8) is 0 Å². The van der Waals surface area contributed by atoms with Crippen LogP contribution in [0.4, 0.5) is 13.2 Å². The van der Waals surface area contributed by atoms with E-state index in [1.807, 2.05) is 18.2 Å². The van der Waals surface area contributed by atoms with E-state index in [4.69, 9.17) is 0 Å². The van der Waals surface area contributed by atoms with Crippen LogP contribution < -0.4 is 0 Å². The van der Waals surface area contributed by atoms with Crippen LogP contribution >= 0.6 is 11.9 Å². The van der Waals surface area contributed by atoms with E-state index in [-0.39, 0.29) is 5.78 Å². The second-order valence-corrected chi connectivity index (χ2v) is 4.94. The normalized spacial score (nSPS) is 16.2. The number of carbonyl (C=O) groups excluding carboxylic acids is 1. The van der Waals surface area contributed by atoms with Crippen molar-refractivity contribution in [1.29, 1.82) is 0 Å². The van der Waals surface area contributed by atoms with Gasteiger partial charge in [0, 0.05) is 17.9 Å². The molecule has 0 spiro atoms. The average Bonchev–Trinajstić information content (AvgIpc) is 2.77. The first-order valence-corrected chi connectivity index (χ1v) is 6.84. The van der Waals surface area contributed by atoms with Gasteiger partial charge in [-0.25, -0.2) is 4.31 Å². The summed E-state index contributed by atoms with van der Waals surface area (Å²) >= 11 is 1.32. The van der Waals surface area contributed by atoms with E-state index in [1.165, 1.54) is 24.1 Å². The van der Waals surface area contributed by atoms with Gasteiger partial charge in [0.2, 0.25) is 0 Å². The highest BCUT2D eigenvalue weighted by atomic mass is 32.2. The van der Waals surface area contributed by atoms with Crippen LogP contribution in [0.2, 0.25) is 0 Å². The summed E-state index contributed by atoms with van der Waals surface area (Å²) < 4.78 is 38.8. The van der Waals surface area contributed by atoms with Crippen LogP contribution in [-0.4, -0.2) is 23.2 Å². The first-order valence-electron chi connectivity index (χ1n) is 6.07. The number of hydrogen-bond acceptors (Lipinski definition) is 3. The third-order valence-corrected chi connectivity index (χ3v) is 3.46. The number of nitrogens with zero attached hydrogens (tertiary/aromatic N) is 1. The van der Waals surface area contributed by atoms with Gasteiger partial charge in [-0.05, 0) is 36.2 Å². The Morgan fingerprint density at radius 1 is 1.16 bits per heavy atom. The van der Waals surface area contributed by atoms with E-state index in [1.54, 1.807) is 0 Å². The van der Waals surface area contributed by atoms with E-state index in [9.17, 15) is 18.0 Å².